The fourth-order valence-corrected chi connectivity index (χ4v) is 2.98. The van der Waals surface area contributed by atoms with Gasteiger partial charge in [-0.1, -0.05) is 18.2 Å². The van der Waals surface area contributed by atoms with E-state index in [9.17, 15) is 9.59 Å². The molecule has 0 saturated carbocycles. The van der Waals surface area contributed by atoms with E-state index >= 15 is 0 Å². The monoisotopic (exact) mass is 332 g/mol. The number of benzene rings is 2. The summed E-state index contributed by atoms with van der Waals surface area (Å²) in [6.07, 6.45) is 0.268. The maximum absolute atomic E-state index is 12.4. The van der Waals surface area contributed by atoms with Gasteiger partial charge in [-0.05, 0) is 62.2 Å². The normalized spacial score (nSPS) is 10.7. The molecule has 1 heterocycles. The Morgan fingerprint density at radius 1 is 1.00 bits per heavy atom. The molecule has 0 aliphatic rings. The summed E-state index contributed by atoms with van der Waals surface area (Å²) in [5, 5.41) is 3.95. The third-order valence-corrected chi connectivity index (χ3v) is 4.40. The second-order valence-corrected chi connectivity index (χ2v) is 6.18. The van der Waals surface area contributed by atoms with Crippen molar-refractivity contribution in [3.63, 3.8) is 0 Å². The molecule has 0 unspecified atom stereocenters. The number of carbonyl (C=O) groups excluding carboxylic acids is 2. The number of anilines is 1. The lowest BCUT2D eigenvalue weighted by molar-refractivity contribution is -0.115. The Labute approximate surface area is 146 Å². The van der Waals surface area contributed by atoms with Crippen molar-refractivity contribution in [1.29, 1.82) is 0 Å². The van der Waals surface area contributed by atoms with Gasteiger partial charge < -0.3 is 5.32 Å². The molecule has 1 amide bonds. The number of amides is 1. The highest BCUT2D eigenvalue weighted by Gasteiger charge is 2.13. The van der Waals surface area contributed by atoms with Crippen LogP contribution < -0.4 is 5.32 Å². The Morgan fingerprint density at radius 3 is 2.36 bits per heavy atom. The molecule has 0 bridgehead atoms. The van der Waals surface area contributed by atoms with Crippen LogP contribution in [0.5, 0.6) is 0 Å². The number of carbonyl (C=O) groups is 2. The number of pyridine rings is 1. The highest BCUT2D eigenvalue weighted by molar-refractivity contribution is 5.96. The van der Waals surface area contributed by atoms with Crippen LogP contribution in [0.2, 0.25) is 0 Å². The summed E-state index contributed by atoms with van der Waals surface area (Å²) < 4.78 is 0. The second-order valence-electron chi connectivity index (χ2n) is 6.18. The van der Waals surface area contributed by atoms with Gasteiger partial charge in [0, 0.05) is 22.3 Å². The van der Waals surface area contributed by atoms with Crippen LogP contribution in [0.4, 0.5) is 5.69 Å². The molecular weight excluding hydrogens is 312 g/mol. The van der Waals surface area contributed by atoms with Crippen LogP contribution in [0.15, 0.2) is 48.5 Å². The van der Waals surface area contributed by atoms with Gasteiger partial charge in [-0.15, -0.1) is 0 Å². The Bertz CT molecular complexity index is 960. The molecule has 0 aliphatic heterocycles. The first-order valence-corrected chi connectivity index (χ1v) is 8.21. The van der Waals surface area contributed by atoms with Crippen LogP contribution in [0.1, 0.15) is 34.1 Å². The second kappa shape index (κ2) is 6.85. The van der Waals surface area contributed by atoms with E-state index in [1.807, 2.05) is 38.1 Å². The smallest absolute Gasteiger partial charge is 0.228 e. The molecule has 0 saturated heterocycles. The Morgan fingerprint density at radius 2 is 1.68 bits per heavy atom. The molecule has 0 radical (unpaired) electrons. The number of hydrogen-bond acceptors (Lipinski definition) is 3. The minimum Gasteiger partial charge on any atom is -0.326 e. The molecule has 25 heavy (non-hydrogen) atoms. The molecule has 1 N–H and O–H groups in total. The molecule has 4 nitrogen and oxygen atoms in total. The van der Waals surface area contributed by atoms with Crippen LogP contribution >= 0.6 is 0 Å². The Balaban J connectivity index is 1.81. The van der Waals surface area contributed by atoms with Gasteiger partial charge in [0.2, 0.25) is 5.91 Å². The number of rotatable bonds is 4. The van der Waals surface area contributed by atoms with Gasteiger partial charge in [-0.25, -0.2) is 0 Å². The fraction of sp³-hybridized carbons (Fsp3) is 0.190. The number of Topliss-reactive ketones (excluding diaryl/α,β-unsaturated/α-hetero) is 1. The predicted octanol–water partition coefficient (Wildman–Crippen LogP) is 4.24. The van der Waals surface area contributed by atoms with Crippen LogP contribution in [-0.2, 0) is 11.2 Å². The fourth-order valence-electron chi connectivity index (χ4n) is 2.98. The maximum atomic E-state index is 12.4. The molecule has 4 heteroatoms. The van der Waals surface area contributed by atoms with E-state index in [1.165, 1.54) is 6.92 Å². The van der Waals surface area contributed by atoms with Gasteiger partial charge in [0.25, 0.3) is 0 Å². The van der Waals surface area contributed by atoms with Gasteiger partial charge in [0.1, 0.15) is 0 Å². The van der Waals surface area contributed by atoms with E-state index in [1.54, 1.807) is 24.3 Å². The van der Waals surface area contributed by atoms with Crippen molar-refractivity contribution < 1.29 is 9.59 Å². The van der Waals surface area contributed by atoms with Crippen LogP contribution in [0.25, 0.3) is 10.9 Å². The molecule has 0 atom stereocenters. The number of para-hydroxylation sites is 1. The zero-order chi connectivity index (χ0) is 18.0. The molecule has 3 rings (SSSR count). The van der Waals surface area contributed by atoms with Gasteiger partial charge in [-0.2, -0.15) is 0 Å². The van der Waals surface area contributed by atoms with Crippen molar-refractivity contribution in [2.45, 2.75) is 27.2 Å². The van der Waals surface area contributed by atoms with Gasteiger partial charge in [0.05, 0.1) is 11.9 Å². The summed E-state index contributed by atoms with van der Waals surface area (Å²) in [5.41, 5.74) is 5.17. The third-order valence-electron chi connectivity index (χ3n) is 4.40. The number of aromatic nitrogens is 1. The highest BCUT2D eigenvalue weighted by atomic mass is 16.1. The van der Waals surface area contributed by atoms with Crippen molar-refractivity contribution in [2.24, 2.45) is 0 Å². The molecule has 0 fully saturated rings. The first-order valence-electron chi connectivity index (χ1n) is 8.21. The first kappa shape index (κ1) is 16.8. The first-order chi connectivity index (χ1) is 12.0. The van der Waals surface area contributed by atoms with Crippen molar-refractivity contribution in [1.82, 2.24) is 4.98 Å². The SMILES string of the molecule is CC(=O)c1ccc(NC(=O)Cc2c(C)nc3ccccc3c2C)cc1. The number of nitrogens with one attached hydrogen (secondary N) is 1. The third kappa shape index (κ3) is 3.58. The van der Waals surface area contributed by atoms with Crippen molar-refractivity contribution in [3.8, 4) is 0 Å². The number of hydrogen-bond donors (Lipinski definition) is 1. The average Bonchev–Trinajstić information content (AvgIpc) is 2.59. The van der Waals surface area contributed by atoms with Crippen LogP contribution in [0.3, 0.4) is 0 Å². The average molecular weight is 332 g/mol. The lowest BCUT2D eigenvalue weighted by atomic mass is 9.99. The number of nitrogens with zero attached hydrogens (tertiary/aromatic N) is 1. The van der Waals surface area contributed by atoms with Gasteiger partial charge in [0.15, 0.2) is 5.78 Å². The van der Waals surface area contributed by atoms with E-state index in [2.05, 4.69) is 10.3 Å². The lowest BCUT2D eigenvalue weighted by Crippen LogP contribution is -2.16. The van der Waals surface area contributed by atoms with E-state index in [-0.39, 0.29) is 18.1 Å². The summed E-state index contributed by atoms with van der Waals surface area (Å²) in [6.45, 7) is 5.48. The van der Waals surface area contributed by atoms with E-state index in [0.717, 1.165) is 27.7 Å². The van der Waals surface area contributed by atoms with Crippen LogP contribution in [0, 0.1) is 13.8 Å². The quantitative estimate of drug-likeness (QED) is 0.727. The molecule has 0 aliphatic carbocycles. The molecule has 126 valence electrons. The standard InChI is InChI=1S/C21H20N2O2/c1-13-18-6-4-5-7-20(18)22-14(2)19(13)12-21(25)23-17-10-8-16(9-11-17)15(3)24/h4-11H,12H2,1-3H3,(H,23,25). The minimum absolute atomic E-state index is 0.00589. The van der Waals surface area contributed by atoms with Crippen LogP contribution in [-0.4, -0.2) is 16.7 Å². The van der Waals surface area contributed by atoms with E-state index < -0.39 is 0 Å². The summed E-state index contributed by atoms with van der Waals surface area (Å²) in [4.78, 5) is 28.4. The largest absolute Gasteiger partial charge is 0.326 e. The Hall–Kier alpha value is -3.01. The molecule has 0 spiro atoms. The minimum atomic E-state index is -0.0983. The zero-order valence-corrected chi connectivity index (χ0v) is 14.6. The van der Waals surface area contributed by atoms with Gasteiger partial charge in [-0.3, -0.25) is 14.6 Å². The van der Waals surface area contributed by atoms with Crippen molar-refractivity contribution in [3.05, 3.63) is 70.9 Å². The highest BCUT2D eigenvalue weighted by Crippen LogP contribution is 2.23. The molecular formula is C21H20N2O2. The zero-order valence-electron chi connectivity index (χ0n) is 14.6. The van der Waals surface area contributed by atoms with Gasteiger partial charge >= 0.3 is 0 Å². The van der Waals surface area contributed by atoms with E-state index in [4.69, 9.17) is 0 Å². The maximum Gasteiger partial charge on any atom is 0.228 e. The van der Waals surface area contributed by atoms with E-state index in [0.29, 0.717) is 11.3 Å². The summed E-state index contributed by atoms with van der Waals surface area (Å²) >= 11 is 0. The number of aryl methyl sites for hydroxylation is 2. The molecule has 2 aromatic carbocycles. The predicted molar refractivity (Wildman–Crippen MR) is 100.0 cm³/mol. The van der Waals surface area contributed by atoms with Crippen molar-refractivity contribution in [2.75, 3.05) is 5.32 Å². The van der Waals surface area contributed by atoms with Crippen molar-refractivity contribution >= 4 is 28.3 Å². The topological polar surface area (TPSA) is 59.1 Å². The summed E-state index contributed by atoms with van der Waals surface area (Å²) in [5.74, 6) is -0.0924. The Kier molecular flexibility index (Phi) is 4.61. The molecule has 1 aromatic heterocycles. The summed E-state index contributed by atoms with van der Waals surface area (Å²) in [6, 6.07) is 14.9. The number of ketones is 1. The number of fused-ring (bicyclic) bond motifs is 1. The molecule has 3 aromatic rings. The lowest BCUT2D eigenvalue weighted by Gasteiger charge is -2.13. The summed E-state index contributed by atoms with van der Waals surface area (Å²) in [7, 11) is 0.